The van der Waals surface area contributed by atoms with Crippen LogP contribution >= 0.6 is 0 Å². The molecule has 0 aliphatic heterocycles. The normalized spacial score (nSPS) is 11.3. The summed E-state index contributed by atoms with van der Waals surface area (Å²) in [5, 5.41) is 13.5. The Morgan fingerprint density at radius 2 is 1.90 bits per heavy atom. The fourth-order valence-electron chi connectivity index (χ4n) is 1.42. The first kappa shape index (κ1) is 18.7. The smallest absolute Gasteiger partial charge is 0.326 e. The number of urea groups is 1. The molecule has 0 aromatic carbocycles. The van der Waals surface area contributed by atoms with Gasteiger partial charge in [0, 0.05) is 19.4 Å². The highest BCUT2D eigenvalue weighted by Crippen LogP contribution is 1.97. The van der Waals surface area contributed by atoms with Crippen LogP contribution in [0.3, 0.4) is 0 Å². The summed E-state index contributed by atoms with van der Waals surface area (Å²) in [6.45, 7) is 2.20. The van der Waals surface area contributed by atoms with Crippen molar-refractivity contribution in [3.8, 4) is 0 Å². The fourth-order valence-corrected chi connectivity index (χ4v) is 1.42. The van der Waals surface area contributed by atoms with Crippen LogP contribution in [0.25, 0.3) is 0 Å². The Bertz CT molecular complexity index is 385. The largest absolute Gasteiger partial charge is 0.480 e. The molecule has 120 valence electrons. The van der Waals surface area contributed by atoms with Gasteiger partial charge < -0.3 is 26.2 Å². The molecule has 0 saturated carbocycles. The van der Waals surface area contributed by atoms with Crippen LogP contribution in [-0.2, 0) is 19.1 Å². The molecule has 9 heteroatoms. The minimum Gasteiger partial charge on any atom is -0.480 e. The minimum atomic E-state index is -1.25. The standard InChI is InChI=1S/C12H21N3O6/c1-2-21-10(17)4-3-7-14-12(20)15-8(11(18)19)5-6-9(13)16/h8H,2-7H2,1H3,(H2,13,16)(H,18,19)(H2,14,15,20)/t8-/m1/s1. The lowest BCUT2D eigenvalue weighted by Gasteiger charge is -2.14. The summed E-state index contributed by atoms with van der Waals surface area (Å²) in [5.41, 5.74) is 4.92. The zero-order valence-corrected chi connectivity index (χ0v) is 11.9. The van der Waals surface area contributed by atoms with Crippen LogP contribution in [0.5, 0.6) is 0 Å². The van der Waals surface area contributed by atoms with Gasteiger partial charge in [0.15, 0.2) is 0 Å². The quantitative estimate of drug-likeness (QED) is 0.311. The van der Waals surface area contributed by atoms with Gasteiger partial charge in [-0.05, 0) is 19.8 Å². The number of hydrogen-bond donors (Lipinski definition) is 4. The number of carboxylic acids is 1. The van der Waals surface area contributed by atoms with Crippen molar-refractivity contribution in [2.45, 2.75) is 38.6 Å². The second kappa shape index (κ2) is 10.5. The minimum absolute atomic E-state index is 0.0824. The Kier molecular flexibility index (Phi) is 9.31. The Morgan fingerprint density at radius 1 is 1.24 bits per heavy atom. The number of esters is 1. The van der Waals surface area contributed by atoms with E-state index < -0.39 is 23.9 Å². The first-order valence-corrected chi connectivity index (χ1v) is 6.57. The first-order chi connectivity index (χ1) is 9.86. The number of nitrogens with two attached hydrogens (primary N) is 1. The Labute approximate surface area is 122 Å². The molecule has 0 aliphatic carbocycles. The van der Waals surface area contributed by atoms with Gasteiger partial charge >= 0.3 is 18.0 Å². The average molecular weight is 303 g/mol. The number of amides is 3. The van der Waals surface area contributed by atoms with Crippen LogP contribution < -0.4 is 16.4 Å². The molecule has 1 atom stereocenters. The van der Waals surface area contributed by atoms with Crippen LogP contribution in [0.15, 0.2) is 0 Å². The van der Waals surface area contributed by atoms with E-state index in [-0.39, 0.29) is 31.8 Å². The lowest BCUT2D eigenvalue weighted by Crippen LogP contribution is -2.46. The topological polar surface area (TPSA) is 148 Å². The number of nitrogens with one attached hydrogen (secondary N) is 2. The summed E-state index contributed by atoms with van der Waals surface area (Å²) < 4.78 is 4.71. The molecule has 0 fully saturated rings. The predicted molar refractivity (Wildman–Crippen MR) is 72.3 cm³/mol. The number of hydrogen-bond acceptors (Lipinski definition) is 5. The van der Waals surface area contributed by atoms with E-state index in [2.05, 4.69) is 10.6 Å². The van der Waals surface area contributed by atoms with E-state index in [1.807, 2.05) is 0 Å². The molecule has 0 spiro atoms. The third-order valence-corrected chi connectivity index (χ3v) is 2.43. The van der Waals surface area contributed by atoms with E-state index in [0.29, 0.717) is 13.0 Å². The number of ether oxygens (including phenoxy) is 1. The molecule has 0 aliphatic rings. The number of carbonyl (C=O) groups excluding carboxylic acids is 3. The van der Waals surface area contributed by atoms with Crippen LogP contribution in [0.2, 0.25) is 0 Å². The summed E-state index contributed by atoms with van der Waals surface area (Å²) in [6.07, 6.45) is 0.324. The highest BCUT2D eigenvalue weighted by atomic mass is 16.5. The van der Waals surface area contributed by atoms with Crippen LogP contribution in [0.4, 0.5) is 4.79 Å². The number of primary amides is 1. The number of carboxylic acid groups (broad SMARTS) is 1. The molecule has 0 aromatic heterocycles. The van der Waals surface area contributed by atoms with E-state index in [1.165, 1.54) is 0 Å². The van der Waals surface area contributed by atoms with E-state index in [0.717, 1.165) is 0 Å². The monoisotopic (exact) mass is 303 g/mol. The summed E-state index contributed by atoms with van der Waals surface area (Å²) >= 11 is 0. The third-order valence-electron chi connectivity index (χ3n) is 2.43. The average Bonchev–Trinajstić information content (AvgIpc) is 2.39. The lowest BCUT2D eigenvalue weighted by atomic mass is 10.1. The van der Waals surface area contributed by atoms with Gasteiger partial charge in [0.2, 0.25) is 5.91 Å². The van der Waals surface area contributed by atoms with Crippen molar-refractivity contribution >= 4 is 23.9 Å². The second-order valence-electron chi connectivity index (χ2n) is 4.20. The SMILES string of the molecule is CCOC(=O)CCCNC(=O)N[C@H](CCC(N)=O)C(=O)O. The van der Waals surface area contributed by atoms with Crippen molar-refractivity contribution in [1.82, 2.24) is 10.6 Å². The van der Waals surface area contributed by atoms with Crippen molar-refractivity contribution in [3.05, 3.63) is 0 Å². The molecule has 21 heavy (non-hydrogen) atoms. The maximum absolute atomic E-state index is 11.5. The molecule has 0 rings (SSSR count). The molecule has 0 radical (unpaired) electrons. The molecular formula is C12H21N3O6. The van der Waals surface area contributed by atoms with E-state index in [4.69, 9.17) is 15.6 Å². The second-order valence-corrected chi connectivity index (χ2v) is 4.20. The van der Waals surface area contributed by atoms with Crippen molar-refractivity contribution in [2.75, 3.05) is 13.2 Å². The van der Waals surface area contributed by atoms with E-state index >= 15 is 0 Å². The maximum atomic E-state index is 11.5. The van der Waals surface area contributed by atoms with E-state index in [1.54, 1.807) is 6.92 Å². The Hall–Kier alpha value is -2.32. The zero-order valence-electron chi connectivity index (χ0n) is 11.9. The fraction of sp³-hybridized carbons (Fsp3) is 0.667. The van der Waals surface area contributed by atoms with Gasteiger partial charge in [0.1, 0.15) is 6.04 Å². The Balaban J connectivity index is 3.95. The van der Waals surface area contributed by atoms with Crippen LogP contribution in [0.1, 0.15) is 32.6 Å². The molecule has 0 heterocycles. The van der Waals surface area contributed by atoms with Gasteiger partial charge in [-0.15, -0.1) is 0 Å². The molecular weight excluding hydrogens is 282 g/mol. The highest BCUT2D eigenvalue weighted by molar-refractivity contribution is 5.83. The van der Waals surface area contributed by atoms with Gasteiger partial charge in [-0.3, -0.25) is 9.59 Å². The summed E-state index contributed by atoms with van der Waals surface area (Å²) in [4.78, 5) is 44.0. The van der Waals surface area contributed by atoms with Crippen molar-refractivity contribution in [3.63, 3.8) is 0 Å². The van der Waals surface area contributed by atoms with Gasteiger partial charge in [-0.1, -0.05) is 0 Å². The summed E-state index contributed by atoms with van der Waals surface area (Å²) in [7, 11) is 0. The lowest BCUT2D eigenvalue weighted by molar-refractivity contribution is -0.143. The maximum Gasteiger partial charge on any atom is 0.326 e. The number of rotatable bonds is 10. The van der Waals surface area contributed by atoms with Gasteiger partial charge in [-0.25, -0.2) is 9.59 Å². The third kappa shape index (κ3) is 10.2. The van der Waals surface area contributed by atoms with Crippen molar-refractivity contribution < 1.29 is 29.0 Å². The van der Waals surface area contributed by atoms with Gasteiger partial charge in [0.25, 0.3) is 0 Å². The predicted octanol–water partition coefficient (Wildman–Crippen LogP) is -0.652. The summed E-state index contributed by atoms with van der Waals surface area (Å²) in [5.74, 6) is -2.25. The molecule has 3 amide bonds. The highest BCUT2D eigenvalue weighted by Gasteiger charge is 2.20. The Morgan fingerprint density at radius 3 is 2.43 bits per heavy atom. The van der Waals surface area contributed by atoms with Crippen LogP contribution in [0, 0.1) is 0 Å². The molecule has 0 unspecified atom stereocenters. The van der Waals surface area contributed by atoms with Crippen LogP contribution in [-0.4, -0.2) is 48.2 Å². The van der Waals surface area contributed by atoms with Crippen molar-refractivity contribution in [1.29, 1.82) is 0 Å². The molecule has 0 bridgehead atoms. The zero-order chi connectivity index (χ0) is 16.3. The van der Waals surface area contributed by atoms with Gasteiger partial charge in [0.05, 0.1) is 6.61 Å². The first-order valence-electron chi connectivity index (χ1n) is 6.57. The van der Waals surface area contributed by atoms with E-state index in [9.17, 15) is 19.2 Å². The molecule has 5 N–H and O–H groups in total. The van der Waals surface area contributed by atoms with Crippen molar-refractivity contribution in [2.24, 2.45) is 5.73 Å². The van der Waals surface area contributed by atoms with Gasteiger partial charge in [-0.2, -0.15) is 0 Å². The molecule has 9 nitrogen and oxygen atoms in total. The molecule has 0 aromatic rings. The number of aliphatic carboxylic acids is 1. The summed E-state index contributed by atoms with van der Waals surface area (Å²) in [6, 6.07) is -1.88. The molecule has 0 saturated heterocycles. The number of carbonyl (C=O) groups is 4.